The first-order valence-electron chi connectivity index (χ1n) is 4.08. The van der Waals surface area contributed by atoms with Gasteiger partial charge in [-0.25, -0.2) is 14.2 Å². The molecule has 5 nitrogen and oxygen atoms in total. The molecule has 0 radical (unpaired) electrons. The van der Waals surface area contributed by atoms with Crippen LogP contribution >= 0.6 is 11.3 Å². The molecule has 10 heteroatoms. The van der Waals surface area contributed by atoms with Crippen molar-refractivity contribution in [3.63, 3.8) is 0 Å². The van der Waals surface area contributed by atoms with E-state index in [1.54, 1.807) is 0 Å². The quantitative estimate of drug-likeness (QED) is 0.780. The van der Waals surface area contributed by atoms with Gasteiger partial charge in [-0.15, -0.1) is 10.2 Å². The molecule has 1 atom stereocenters. The third-order valence-electron chi connectivity index (χ3n) is 1.52. The van der Waals surface area contributed by atoms with E-state index in [2.05, 4.69) is 20.2 Å². The number of hydrogen-bond donors (Lipinski definition) is 0. The van der Waals surface area contributed by atoms with Crippen molar-refractivity contribution < 1.29 is 17.4 Å². The summed E-state index contributed by atoms with van der Waals surface area (Å²) in [7, 11) is -1.94. The van der Waals surface area contributed by atoms with Crippen LogP contribution in [0, 0.1) is 0 Å². The molecule has 0 aliphatic carbocycles. The zero-order chi connectivity index (χ0) is 12.5. The van der Waals surface area contributed by atoms with Crippen LogP contribution in [0.2, 0.25) is 0 Å². The highest BCUT2D eigenvalue weighted by Gasteiger charge is 2.36. The molecule has 2 aromatic rings. The molecular formula is C7H3F3N4OS2. The Hall–Kier alpha value is -1.42. The van der Waals surface area contributed by atoms with Gasteiger partial charge in [0.05, 0.1) is 0 Å². The van der Waals surface area contributed by atoms with Gasteiger partial charge in [0, 0.05) is 12.4 Å². The fourth-order valence-electron chi connectivity index (χ4n) is 0.858. The van der Waals surface area contributed by atoms with Crippen LogP contribution in [0.1, 0.15) is 5.01 Å². The summed E-state index contributed by atoms with van der Waals surface area (Å²) in [5, 5.41) is 4.91. The predicted octanol–water partition coefficient (Wildman–Crippen LogP) is 1.51. The summed E-state index contributed by atoms with van der Waals surface area (Å²) in [5.74, 6) is 0. The second-order valence-electron chi connectivity index (χ2n) is 2.67. The van der Waals surface area contributed by atoms with Gasteiger partial charge in [0.15, 0.2) is 10.8 Å². The molecule has 2 aromatic heterocycles. The largest absolute Gasteiger partial charge is 0.445 e. The molecule has 0 aromatic carbocycles. The highest BCUT2D eigenvalue weighted by molar-refractivity contribution is 7.87. The number of aromatic nitrogens is 4. The topological polar surface area (TPSA) is 68.6 Å². The number of alkyl halides is 3. The van der Waals surface area contributed by atoms with Crippen molar-refractivity contribution in [3.05, 3.63) is 23.5 Å². The van der Waals surface area contributed by atoms with E-state index in [-0.39, 0.29) is 20.8 Å². The maximum Gasteiger partial charge on any atom is 0.445 e. The third-order valence-corrected chi connectivity index (χ3v) is 3.92. The van der Waals surface area contributed by atoms with Crippen LogP contribution in [0.3, 0.4) is 0 Å². The van der Waals surface area contributed by atoms with E-state index in [4.69, 9.17) is 0 Å². The number of hydrogen-bond acceptors (Lipinski definition) is 6. The second-order valence-corrected chi connectivity index (χ2v) is 5.20. The molecule has 0 spiro atoms. The van der Waals surface area contributed by atoms with E-state index >= 15 is 0 Å². The Morgan fingerprint density at radius 1 is 1.18 bits per heavy atom. The van der Waals surface area contributed by atoms with Crippen LogP contribution in [0.15, 0.2) is 28.0 Å². The van der Waals surface area contributed by atoms with E-state index in [1.165, 1.54) is 18.5 Å². The molecular weight excluding hydrogens is 277 g/mol. The van der Waals surface area contributed by atoms with E-state index in [1.807, 2.05) is 0 Å². The maximum absolute atomic E-state index is 12.2. The van der Waals surface area contributed by atoms with Gasteiger partial charge in [0.2, 0.25) is 14.5 Å². The summed E-state index contributed by atoms with van der Waals surface area (Å²) in [6.07, 6.45) is -1.91. The van der Waals surface area contributed by atoms with Crippen molar-refractivity contribution >= 4 is 22.1 Å². The molecule has 0 aliphatic rings. The molecule has 17 heavy (non-hydrogen) atoms. The molecule has 0 saturated heterocycles. The molecule has 1 unspecified atom stereocenters. The molecule has 0 bridgehead atoms. The lowest BCUT2D eigenvalue weighted by atomic mass is 10.7. The minimum Gasteiger partial charge on any atom is -0.243 e. The number of nitrogens with zero attached hydrogens (tertiary/aromatic N) is 4. The average molecular weight is 280 g/mol. The fraction of sp³-hybridized carbons (Fsp3) is 0.143. The summed E-state index contributed by atoms with van der Waals surface area (Å²) >= 11 is 0.215. The Balaban J connectivity index is 2.30. The van der Waals surface area contributed by atoms with Crippen molar-refractivity contribution in [2.24, 2.45) is 0 Å². The molecule has 2 rings (SSSR count). The van der Waals surface area contributed by atoms with Crippen LogP contribution in [0.25, 0.3) is 0 Å². The van der Waals surface area contributed by atoms with Crippen LogP contribution in [-0.2, 0) is 17.0 Å². The summed E-state index contributed by atoms with van der Waals surface area (Å²) < 4.78 is 48.2. The van der Waals surface area contributed by atoms with Crippen LogP contribution < -0.4 is 0 Å². The SMILES string of the molecule is O=S(c1ncccn1)c1nnc(C(F)(F)F)s1. The molecule has 0 fully saturated rings. The molecule has 90 valence electrons. The molecule has 0 aliphatic heterocycles. The van der Waals surface area contributed by atoms with Crippen molar-refractivity contribution in [2.75, 3.05) is 0 Å². The lowest BCUT2D eigenvalue weighted by Crippen LogP contribution is -2.03. The van der Waals surface area contributed by atoms with Crippen molar-refractivity contribution in [1.29, 1.82) is 0 Å². The smallest absolute Gasteiger partial charge is 0.243 e. The van der Waals surface area contributed by atoms with Crippen molar-refractivity contribution in [3.8, 4) is 0 Å². The molecule has 0 N–H and O–H groups in total. The molecule has 2 heterocycles. The zero-order valence-corrected chi connectivity index (χ0v) is 9.51. The van der Waals surface area contributed by atoms with Crippen LogP contribution in [0.4, 0.5) is 13.2 Å². The van der Waals surface area contributed by atoms with Crippen LogP contribution in [-0.4, -0.2) is 24.4 Å². The first kappa shape index (κ1) is 12.0. The lowest BCUT2D eigenvalue weighted by molar-refractivity contribution is -0.138. The Kier molecular flexibility index (Phi) is 3.15. The minimum absolute atomic E-state index is 0.0997. The second kappa shape index (κ2) is 4.45. The average Bonchev–Trinajstić information content (AvgIpc) is 2.78. The summed E-state index contributed by atoms with van der Waals surface area (Å²) in [4.78, 5) is 7.35. The van der Waals surface area contributed by atoms with Gasteiger partial charge in [-0.2, -0.15) is 13.2 Å². The van der Waals surface area contributed by atoms with E-state index in [9.17, 15) is 17.4 Å². The highest BCUT2D eigenvalue weighted by atomic mass is 32.2. The molecule has 0 amide bonds. The highest BCUT2D eigenvalue weighted by Crippen LogP contribution is 2.32. The summed E-state index contributed by atoms with van der Waals surface area (Å²) in [5.41, 5.74) is 0. The minimum atomic E-state index is -4.59. The fourth-order valence-corrected chi connectivity index (χ4v) is 2.65. The monoisotopic (exact) mass is 280 g/mol. The lowest BCUT2D eigenvalue weighted by Gasteiger charge is -1.97. The van der Waals surface area contributed by atoms with E-state index in [0.29, 0.717) is 0 Å². The number of rotatable bonds is 2. The predicted molar refractivity (Wildman–Crippen MR) is 51.6 cm³/mol. The van der Waals surface area contributed by atoms with Gasteiger partial charge < -0.3 is 0 Å². The summed E-state index contributed by atoms with van der Waals surface area (Å²) in [6.45, 7) is 0. The standard InChI is InChI=1S/C7H3F3N4OS2/c8-7(9,10)4-13-14-6(16-4)17(15)5-11-2-1-3-12-5/h1-3H. The molecule has 0 saturated carbocycles. The van der Waals surface area contributed by atoms with Gasteiger partial charge >= 0.3 is 6.18 Å². The normalized spacial score (nSPS) is 13.6. The first-order chi connectivity index (χ1) is 7.98. The van der Waals surface area contributed by atoms with Crippen LogP contribution in [0.5, 0.6) is 0 Å². The van der Waals surface area contributed by atoms with Crippen molar-refractivity contribution in [2.45, 2.75) is 15.7 Å². The van der Waals surface area contributed by atoms with Crippen molar-refractivity contribution in [1.82, 2.24) is 20.2 Å². The van der Waals surface area contributed by atoms with Gasteiger partial charge in [0.25, 0.3) is 0 Å². The Bertz CT molecular complexity index is 542. The zero-order valence-electron chi connectivity index (χ0n) is 7.88. The Morgan fingerprint density at radius 2 is 1.82 bits per heavy atom. The third kappa shape index (κ3) is 2.64. The van der Waals surface area contributed by atoms with Gasteiger partial charge in [-0.1, -0.05) is 11.3 Å². The first-order valence-corrected chi connectivity index (χ1v) is 6.04. The Morgan fingerprint density at radius 3 is 2.35 bits per heavy atom. The Labute approximate surface area is 99.2 Å². The summed E-state index contributed by atoms with van der Waals surface area (Å²) in [6, 6.07) is 1.50. The van der Waals surface area contributed by atoms with E-state index in [0.717, 1.165) is 0 Å². The number of halogens is 3. The van der Waals surface area contributed by atoms with Gasteiger partial charge in [-0.05, 0) is 6.07 Å². The van der Waals surface area contributed by atoms with Gasteiger partial charge in [0.1, 0.15) is 0 Å². The van der Waals surface area contributed by atoms with E-state index < -0.39 is 22.0 Å². The van der Waals surface area contributed by atoms with Gasteiger partial charge in [-0.3, -0.25) is 0 Å². The maximum atomic E-state index is 12.2.